The highest BCUT2D eigenvalue weighted by atomic mass is 35.5. The van der Waals surface area contributed by atoms with Crippen molar-refractivity contribution in [1.29, 1.82) is 0 Å². The van der Waals surface area contributed by atoms with E-state index in [-0.39, 0.29) is 16.1 Å². The van der Waals surface area contributed by atoms with Gasteiger partial charge in [0.25, 0.3) is 10.0 Å². The molecule has 0 fully saturated rings. The van der Waals surface area contributed by atoms with Crippen molar-refractivity contribution >= 4 is 44.9 Å². The number of hydrogen-bond acceptors (Lipinski definition) is 4. The third kappa shape index (κ3) is 4.97. The quantitative estimate of drug-likeness (QED) is 0.575. The summed E-state index contributed by atoms with van der Waals surface area (Å²) in [4.78, 5) is 23.6. The average Bonchev–Trinajstić information content (AvgIpc) is 2.74. The molecule has 30 heavy (non-hydrogen) atoms. The van der Waals surface area contributed by atoms with Gasteiger partial charge in [-0.05, 0) is 60.7 Å². The van der Waals surface area contributed by atoms with Gasteiger partial charge in [-0.3, -0.25) is 9.10 Å². The molecular formula is C21H17ClN2O5S. The number of halogens is 1. The number of carbonyl (C=O) groups is 2. The largest absolute Gasteiger partial charge is 0.478 e. The molecule has 154 valence electrons. The Morgan fingerprint density at radius 3 is 2.07 bits per heavy atom. The summed E-state index contributed by atoms with van der Waals surface area (Å²) < 4.78 is 27.3. The Balaban J connectivity index is 1.88. The molecule has 7 nitrogen and oxygen atoms in total. The normalized spacial score (nSPS) is 11.0. The maximum atomic E-state index is 13.2. The van der Waals surface area contributed by atoms with Gasteiger partial charge in [-0.15, -0.1) is 0 Å². The van der Waals surface area contributed by atoms with Crippen LogP contribution in [0.3, 0.4) is 0 Å². The molecule has 0 aliphatic heterocycles. The fraction of sp³-hybridized carbons (Fsp3) is 0.0476. The molecule has 1 amide bonds. The molecule has 0 unspecified atom stereocenters. The van der Waals surface area contributed by atoms with Crippen molar-refractivity contribution in [2.24, 2.45) is 0 Å². The molecule has 2 N–H and O–H groups in total. The minimum atomic E-state index is -4.02. The molecule has 3 rings (SSSR count). The number of carboxylic acid groups (broad SMARTS) is 1. The average molecular weight is 445 g/mol. The molecule has 0 aromatic heterocycles. The summed E-state index contributed by atoms with van der Waals surface area (Å²) in [6.07, 6.45) is 0. The van der Waals surface area contributed by atoms with Crippen LogP contribution in [0.2, 0.25) is 5.02 Å². The second kappa shape index (κ2) is 8.98. The minimum Gasteiger partial charge on any atom is -0.478 e. The minimum absolute atomic E-state index is 0.0403. The van der Waals surface area contributed by atoms with Gasteiger partial charge in [-0.2, -0.15) is 0 Å². The molecule has 3 aromatic rings. The van der Waals surface area contributed by atoms with Crippen LogP contribution in [0.4, 0.5) is 11.4 Å². The van der Waals surface area contributed by atoms with Crippen molar-refractivity contribution in [2.45, 2.75) is 4.90 Å². The van der Waals surface area contributed by atoms with Gasteiger partial charge in [-0.1, -0.05) is 29.8 Å². The van der Waals surface area contributed by atoms with Crippen LogP contribution in [0.25, 0.3) is 0 Å². The number of benzene rings is 3. The summed E-state index contributed by atoms with van der Waals surface area (Å²) in [5, 5.41) is 12.0. The third-order valence-electron chi connectivity index (χ3n) is 4.15. The van der Waals surface area contributed by atoms with Crippen LogP contribution < -0.4 is 9.62 Å². The zero-order valence-corrected chi connectivity index (χ0v) is 17.1. The van der Waals surface area contributed by atoms with Crippen LogP contribution in [-0.2, 0) is 14.8 Å². The van der Waals surface area contributed by atoms with Crippen molar-refractivity contribution in [2.75, 3.05) is 16.2 Å². The van der Waals surface area contributed by atoms with E-state index in [2.05, 4.69) is 5.32 Å². The van der Waals surface area contributed by atoms with Gasteiger partial charge < -0.3 is 10.4 Å². The molecule has 0 spiro atoms. The Morgan fingerprint density at radius 2 is 1.50 bits per heavy atom. The number of rotatable bonds is 7. The first-order valence-corrected chi connectivity index (χ1v) is 10.6. The summed E-state index contributed by atoms with van der Waals surface area (Å²) in [6.45, 7) is -0.487. The van der Waals surface area contributed by atoms with Crippen LogP contribution >= 0.6 is 11.6 Å². The molecule has 3 aromatic carbocycles. The number of carbonyl (C=O) groups excluding carboxylic acids is 1. The van der Waals surface area contributed by atoms with Crippen LogP contribution in [-0.4, -0.2) is 31.9 Å². The van der Waals surface area contributed by atoms with Crippen LogP contribution in [0, 0.1) is 0 Å². The van der Waals surface area contributed by atoms with E-state index in [1.165, 1.54) is 60.7 Å². The van der Waals surface area contributed by atoms with Crippen LogP contribution in [0.1, 0.15) is 10.4 Å². The number of nitrogens with zero attached hydrogens (tertiary/aromatic N) is 1. The molecule has 0 aliphatic carbocycles. The lowest BCUT2D eigenvalue weighted by molar-refractivity contribution is -0.114. The monoisotopic (exact) mass is 444 g/mol. The van der Waals surface area contributed by atoms with Crippen LogP contribution in [0.15, 0.2) is 83.8 Å². The number of anilines is 2. The van der Waals surface area contributed by atoms with E-state index >= 15 is 0 Å². The Kier molecular flexibility index (Phi) is 6.39. The van der Waals surface area contributed by atoms with Gasteiger partial charge in [0, 0.05) is 10.7 Å². The zero-order valence-electron chi connectivity index (χ0n) is 15.5. The standard InChI is InChI=1S/C21H17ClN2O5S/c22-16-8-12-18(13-9-16)24(30(28,29)19-4-2-1-3-5-19)14-20(25)23-17-10-6-15(7-11-17)21(26)27/h1-13H,14H2,(H,23,25)(H,26,27). The molecule has 0 saturated heterocycles. The lowest BCUT2D eigenvalue weighted by atomic mass is 10.2. The van der Waals surface area contributed by atoms with Crippen LogP contribution in [0.5, 0.6) is 0 Å². The van der Waals surface area contributed by atoms with Crippen molar-refractivity contribution in [3.63, 3.8) is 0 Å². The van der Waals surface area contributed by atoms with Crippen molar-refractivity contribution in [1.82, 2.24) is 0 Å². The summed E-state index contributed by atoms with van der Waals surface area (Å²) >= 11 is 5.91. The smallest absolute Gasteiger partial charge is 0.335 e. The number of hydrogen-bond donors (Lipinski definition) is 2. The highest BCUT2D eigenvalue weighted by Gasteiger charge is 2.27. The highest BCUT2D eigenvalue weighted by Crippen LogP contribution is 2.25. The fourth-order valence-corrected chi connectivity index (χ4v) is 4.24. The van der Waals surface area contributed by atoms with E-state index in [0.717, 1.165) is 4.31 Å². The summed E-state index contributed by atoms with van der Waals surface area (Å²) in [6, 6.07) is 19.4. The summed E-state index contributed by atoms with van der Waals surface area (Å²) in [7, 11) is -4.02. The molecule has 0 atom stereocenters. The van der Waals surface area contributed by atoms with Gasteiger partial charge in [0.15, 0.2) is 0 Å². The zero-order chi connectivity index (χ0) is 21.7. The molecule has 0 saturated carbocycles. The Labute approximate surface area is 178 Å². The van der Waals surface area contributed by atoms with E-state index in [0.29, 0.717) is 10.7 Å². The SMILES string of the molecule is O=C(CN(c1ccc(Cl)cc1)S(=O)(=O)c1ccccc1)Nc1ccc(C(=O)O)cc1. The number of sulfonamides is 1. The molecule has 0 aliphatic rings. The molecule has 0 heterocycles. The van der Waals surface area contributed by atoms with Gasteiger partial charge in [0.05, 0.1) is 16.1 Å². The molecule has 0 radical (unpaired) electrons. The number of nitrogens with one attached hydrogen (secondary N) is 1. The van der Waals surface area contributed by atoms with Crippen molar-refractivity contribution in [3.8, 4) is 0 Å². The topological polar surface area (TPSA) is 104 Å². The molecule has 0 bridgehead atoms. The first kappa shape index (κ1) is 21.4. The Bertz CT molecular complexity index is 1150. The lowest BCUT2D eigenvalue weighted by Gasteiger charge is -2.24. The van der Waals surface area contributed by atoms with E-state index in [9.17, 15) is 18.0 Å². The Morgan fingerprint density at radius 1 is 0.900 bits per heavy atom. The number of amides is 1. The van der Waals surface area contributed by atoms with E-state index in [1.54, 1.807) is 18.2 Å². The maximum Gasteiger partial charge on any atom is 0.335 e. The second-order valence-electron chi connectivity index (χ2n) is 6.23. The predicted octanol–water partition coefficient (Wildman–Crippen LogP) is 3.87. The third-order valence-corrected chi connectivity index (χ3v) is 6.19. The van der Waals surface area contributed by atoms with E-state index in [4.69, 9.17) is 16.7 Å². The van der Waals surface area contributed by atoms with Gasteiger partial charge >= 0.3 is 5.97 Å². The summed E-state index contributed by atoms with van der Waals surface area (Å²) in [5.74, 6) is -1.68. The van der Waals surface area contributed by atoms with Crippen molar-refractivity contribution < 1.29 is 23.1 Å². The first-order valence-electron chi connectivity index (χ1n) is 8.74. The molecule has 9 heteroatoms. The first-order chi connectivity index (χ1) is 14.3. The fourth-order valence-electron chi connectivity index (χ4n) is 2.67. The highest BCUT2D eigenvalue weighted by molar-refractivity contribution is 7.92. The van der Waals surface area contributed by atoms with Gasteiger partial charge in [-0.25, -0.2) is 13.2 Å². The number of aromatic carboxylic acids is 1. The second-order valence-corrected chi connectivity index (χ2v) is 8.53. The van der Waals surface area contributed by atoms with E-state index in [1.807, 2.05) is 0 Å². The maximum absolute atomic E-state index is 13.2. The number of carboxylic acids is 1. The predicted molar refractivity (Wildman–Crippen MR) is 114 cm³/mol. The Hall–Kier alpha value is -3.36. The van der Waals surface area contributed by atoms with E-state index < -0.39 is 28.4 Å². The molecular weight excluding hydrogens is 428 g/mol. The van der Waals surface area contributed by atoms with Gasteiger partial charge in [0.1, 0.15) is 6.54 Å². The lowest BCUT2D eigenvalue weighted by Crippen LogP contribution is -2.38. The van der Waals surface area contributed by atoms with Gasteiger partial charge in [0.2, 0.25) is 5.91 Å². The van der Waals surface area contributed by atoms with Crippen molar-refractivity contribution in [3.05, 3.63) is 89.4 Å². The summed E-state index contributed by atoms with van der Waals surface area (Å²) in [5.41, 5.74) is 0.695.